The van der Waals surface area contributed by atoms with Gasteiger partial charge in [-0.2, -0.15) is 13.2 Å². The summed E-state index contributed by atoms with van der Waals surface area (Å²) in [5, 5.41) is 2.85. The van der Waals surface area contributed by atoms with Crippen LogP contribution < -0.4 is 10.9 Å². The van der Waals surface area contributed by atoms with Gasteiger partial charge in [-0.1, -0.05) is 12.8 Å². The smallest absolute Gasteiger partial charge is 0.349 e. The van der Waals surface area contributed by atoms with Crippen LogP contribution in [0.1, 0.15) is 70.5 Å². The van der Waals surface area contributed by atoms with Crippen molar-refractivity contribution in [1.29, 1.82) is 0 Å². The van der Waals surface area contributed by atoms with Gasteiger partial charge in [-0.05, 0) is 56.0 Å². The Morgan fingerprint density at radius 1 is 1.00 bits per heavy atom. The van der Waals surface area contributed by atoms with Gasteiger partial charge in [-0.3, -0.25) is 19.0 Å². The fraction of sp³-hybridized carbons (Fsp3) is 0.409. The largest absolute Gasteiger partial charge is 0.416 e. The maximum absolute atomic E-state index is 13.2. The number of fused-ring (bicyclic) bond motifs is 1. The van der Waals surface area contributed by atoms with Gasteiger partial charge in [0.25, 0.3) is 11.5 Å². The lowest BCUT2D eigenvalue weighted by Crippen LogP contribution is -2.39. The summed E-state index contributed by atoms with van der Waals surface area (Å²) < 4.78 is 40.0. The molecule has 2 aliphatic rings. The van der Waals surface area contributed by atoms with Crippen LogP contribution in [0.2, 0.25) is 0 Å². The number of carbonyl (C=O) groups is 2. The number of pyridine rings is 1. The molecule has 0 atom stereocenters. The second-order valence-electron chi connectivity index (χ2n) is 7.84. The van der Waals surface area contributed by atoms with E-state index in [1.54, 1.807) is 0 Å². The van der Waals surface area contributed by atoms with Gasteiger partial charge >= 0.3 is 6.18 Å². The minimum atomic E-state index is -4.50. The second kappa shape index (κ2) is 7.74. The van der Waals surface area contributed by atoms with E-state index in [1.807, 2.05) is 0 Å². The number of Topliss-reactive ketones (excluding diaryl/α,β-unsaturated/α-hetero) is 1. The third-order valence-corrected chi connectivity index (χ3v) is 5.81. The fourth-order valence-corrected chi connectivity index (χ4v) is 4.26. The second-order valence-corrected chi connectivity index (χ2v) is 7.84. The van der Waals surface area contributed by atoms with E-state index < -0.39 is 23.2 Å². The molecule has 0 aliphatic heterocycles. The van der Waals surface area contributed by atoms with Crippen molar-refractivity contribution in [2.45, 2.75) is 57.2 Å². The average molecular weight is 418 g/mol. The highest BCUT2D eigenvalue weighted by Crippen LogP contribution is 2.30. The number of aromatic nitrogens is 1. The summed E-state index contributed by atoms with van der Waals surface area (Å²) in [6.07, 6.45) is 0.462. The molecule has 30 heavy (non-hydrogen) atoms. The topological polar surface area (TPSA) is 68.2 Å². The normalized spacial score (nSPS) is 17.1. The molecule has 1 heterocycles. The Morgan fingerprint density at radius 2 is 1.67 bits per heavy atom. The maximum Gasteiger partial charge on any atom is 0.416 e. The molecule has 1 fully saturated rings. The number of rotatable bonds is 3. The molecule has 1 aromatic carbocycles. The van der Waals surface area contributed by atoms with Crippen LogP contribution in [-0.2, 0) is 12.6 Å². The quantitative estimate of drug-likeness (QED) is 0.818. The molecule has 5 nitrogen and oxygen atoms in total. The Kier molecular flexibility index (Phi) is 5.26. The van der Waals surface area contributed by atoms with Crippen LogP contribution in [0.15, 0.2) is 35.1 Å². The average Bonchev–Trinajstić information content (AvgIpc) is 3.20. The van der Waals surface area contributed by atoms with Crippen LogP contribution in [0, 0.1) is 0 Å². The highest BCUT2D eigenvalue weighted by atomic mass is 19.4. The minimum absolute atomic E-state index is 0.0110. The van der Waals surface area contributed by atoms with Crippen LogP contribution in [0.3, 0.4) is 0 Å². The highest BCUT2D eigenvalue weighted by Gasteiger charge is 2.31. The van der Waals surface area contributed by atoms with E-state index in [4.69, 9.17) is 0 Å². The zero-order valence-corrected chi connectivity index (χ0v) is 16.2. The van der Waals surface area contributed by atoms with Crippen LogP contribution in [-0.4, -0.2) is 22.3 Å². The van der Waals surface area contributed by atoms with E-state index in [9.17, 15) is 27.6 Å². The predicted molar refractivity (Wildman–Crippen MR) is 104 cm³/mol. The Hall–Kier alpha value is -2.90. The maximum atomic E-state index is 13.2. The van der Waals surface area contributed by atoms with Gasteiger partial charge in [0.2, 0.25) is 0 Å². The number of alkyl halides is 3. The first-order valence-electron chi connectivity index (χ1n) is 10.1. The van der Waals surface area contributed by atoms with Gasteiger partial charge in [0, 0.05) is 29.4 Å². The van der Waals surface area contributed by atoms with Gasteiger partial charge in [-0.15, -0.1) is 0 Å². The van der Waals surface area contributed by atoms with E-state index in [-0.39, 0.29) is 28.6 Å². The van der Waals surface area contributed by atoms with Gasteiger partial charge in [-0.25, -0.2) is 0 Å². The number of hydrogen-bond acceptors (Lipinski definition) is 3. The van der Waals surface area contributed by atoms with Crippen molar-refractivity contribution in [3.05, 3.63) is 63.1 Å². The minimum Gasteiger partial charge on any atom is -0.349 e. The van der Waals surface area contributed by atoms with Crippen LogP contribution in [0.25, 0.3) is 5.69 Å². The lowest BCUT2D eigenvalue weighted by molar-refractivity contribution is -0.137. The van der Waals surface area contributed by atoms with Crippen molar-refractivity contribution >= 4 is 11.7 Å². The van der Waals surface area contributed by atoms with E-state index in [0.29, 0.717) is 25.0 Å². The number of nitrogens with zero attached hydrogens (tertiary/aromatic N) is 1. The molecule has 0 unspecified atom stereocenters. The molecule has 0 spiro atoms. The van der Waals surface area contributed by atoms with Crippen molar-refractivity contribution in [1.82, 2.24) is 9.88 Å². The van der Waals surface area contributed by atoms with Gasteiger partial charge in [0.15, 0.2) is 5.78 Å². The summed E-state index contributed by atoms with van der Waals surface area (Å²) >= 11 is 0. The summed E-state index contributed by atoms with van der Waals surface area (Å²) in [5.41, 5.74) is -0.686. The van der Waals surface area contributed by atoms with Crippen molar-refractivity contribution in [3.8, 4) is 5.69 Å². The first-order chi connectivity index (χ1) is 14.3. The van der Waals surface area contributed by atoms with E-state index in [0.717, 1.165) is 37.8 Å². The van der Waals surface area contributed by atoms with E-state index >= 15 is 0 Å². The third-order valence-electron chi connectivity index (χ3n) is 5.81. The standard InChI is InChI=1S/C22H21F3N2O3/c23-22(24,25)13-8-10-15(11-9-13)27-18-6-3-7-19(28)16(18)12-17(21(27)30)20(29)26-14-4-1-2-5-14/h8-12,14H,1-7H2,(H,26,29). The number of nitrogens with one attached hydrogen (secondary N) is 1. The number of benzene rings is 1. The van der Waals surface area contributed by atoms with Crippen molar-refractivity contribution in [2.75, 3.05) is 0 Å². The Balaban J connectivity index is 1.82. The zero-order valence-electron chi connectivity index (χ0n) is 16.2. The van der Waals surface area contributed by atoms with Crippen molar-refractivity contribution in [3.63, 3.8) is 0 Å². The van der Waals surface area contributed by atoms with Gasteiger partial charge in [0.05, 0.1) is 5.56 Å². The van der Waals surface area contributed by atoms with E-state index in [2.05, 4.69) is 5.32 Å². The Labute approximate surface area is 170 Å². The molecular weight excluding hydrogens is 397 g/mol. The van der Waals surface area contributed by atoms with Crippen molar-refractivity contribution < 1.29 is 22.8 Å². The molecule has 1 amide bonds. The van der Waals surface area contributed by atoms with Crippen molar-refractivity contribution in [2.24, 2.45) is 0 Å². The highest BCUT2D eigenvalue weighted by molar-refractivity contribution is 6.02. The molecule has 1 N–H and O–H groups in total. The van der Waals surface area contributed by atoms with Crippen LogP contribution in [0.4, 0.5) is 13.2 Å². The Bertz CT molecular complexity index is 1050. The first kappa shape index (κ1) is 20.4. The lowest BCUT2D eigenvalue weighted by atomic mass is 9.92. The third kappa shape index (κ3) is 3.78. The number of ketones is 1. The molecule has 2 aromatic rings. The van der Waals surface area contributed by atoms with E-state index in [1.165, 1.54) is 22.8 Å². The van der Waals surface area contributed by atoms with Crippen LogP contribution >= 0.6 is 0 Å². The first-order valence-corrected chi connectivity index (χ1v) is 10.1. The Morgan fingerprint density at radius 3 is 2.30 bits per heavy atom. The van der Waals surface area contributed by atoms with Crippen LogP contribution in [0.5, 0.6) is 0 Å². The monoisotopic (exact) mass is 418 g/mol. The zero-order chi connectivity index (χ0) is 21.5. The molecule has 1 aromatic heterocycles. The summed E-state index contributed by atoms with van der Waals surface area (Å²) in [4.78, 5) is 38.5. The molecule has 1 saturated carbocycles. The molecular formula is C22H21F3N2O3. The molecule has 0 saturated heterocycles. The molecule has 0 bridgehead atoms. The summed E-state index contributed by atoms with van der Waals surface area (Å²) in [6, 6.07) is 5.52. The number of amides is 1. The number of halogens is 3. The fourth-order valence-electron chi connectivity index (χ4n) is 4.26. The summed E-state index contributed by atoms with van der Waals surface area (Å²) in [6.45, 7) is 0. The molecule has 4 rings (SSSR count). The van der Waals surface area contributed by atoms with Gasteiger partial charge in [0.1, 0.15) is 5.56 Å². The molecule has 2 aliphatic carbocycles. The molecule has 158 valence electrons. The molecule has 8 heteroatoms. The number of hydrogen-bond donors (Lipinski definition) is 1. The number of carbonyl (C=O) groups excluding carboxylic acids is 2. The molecule has 0 radical (unpaired) electrons. The SMILES string of the molecule is O=C1CCCc2c1cc(C(=O)NC1CCCC1)c(=O)n2-c1ccc(C(F)(F)F)cc1. The summed E-state index contributed by atoms with van der Waals surface area (Å²) in [7, 11) is 0. The predicted octanol–water partition coefficient (Wildman–Crippen LogP) is 4.05. The summed E-state index contributed by atoms with van der Waals surface area (Å²) in [5.74, 6) is -0.722. The lowest BCUT2D eigenvalue weighted by Gasteiger charge is -2.22. The van der Waals surface area contributed by atoms with Gasteiger partial charge < -0.3 is 5.32 Å².